The highest BCUT2D eigenvalue weighted by Gasteiger charge is 2.21. The Balaban J connectivity index is 1.88. The number of nitrogens with one attached hydrogen (secondary N) is 2. The Labute approximate surface area is 113 Å². The van der Waals surface area contributed by atoms with Crippen molar-refractivity contribution in [3.63, 3.8) is 0 Å². The molecule has 0 bridgehead atoms. The molecular weight excluding hydrogens is 243 g/mol. The van der Waals surface area contributed by atoms with Gasteiger partial charge >= 0.3 is 0 Å². The first kappa shape index (κ1) is 14.0. The van der Waals surface area contributed by atoms with Gasteiger partial charge in [-0.25, -0.2) is 4.39 Å². The number of quaternary nitrogens is 1. The fourth-order valence-corrected chi connectivity index (χ4v) is 2.66. The maximum absolute atomic E-state index is 13.4. The van der Waals surface area contributed by atoms with Crippen LogP contribution in [-0.2, 0) is 4.79 Å². The van der Waals surface area contributed by atoms with Gasteiger partial charge in [-0.3, -0.25) is 4.79 Å². The second kappa shape index (κ2) is 6.15. The lowest BCUT2D eigenvalue weighted by Crippen LogP contribution is -3.14. The first-order valence-corrected chi connectivity index (χ1v) is 6.94. The summed E-state index contributed by atoms with van der Waals surface area (Å²) in [7, 11) is 0. The van der Waals surface area contributed by atoms with Crippen molar-refractivity contribution < 1.29 is 14.1 Å². The number of piperidine rings is 1. The van der Waals surface area contributed by atoms with E-state index in [2.05, 4.69) is 12.2 Å². The van der Waals surface area contributed by atoms with Crippen molar-refractivity contribution in [3.05, 3.63) is 29.6 Å². The summed E-state index contributed by atoms with van der Waals surface area (Å²) < 4.78 is 13.4. The lowest BCUT2D eigenvalue weighted by atomic mass is 10.0. The quantitative estimate of drug-likeness (QED) is 0.851. The lowest BCUT2D eigenvalue weighted by Gasteiger charge is -2.27. The summed E-state index contributed by atoms with van der Waals surface area (Å²) in [4.78, 5) is 13.3. The van der Waals surface area contributed by atoms with E-state index in [4.69, 9.17) is 0 Å². The zero-order valence-electron chi connectivity index (χ0n) is 11.6. The second-order valence-electron chi connectivity index (χ2n) is 5.64. The van der Waals surface area contributed by atoms with E-state index in [9.17, 15) is 9.18 Å². The van der Waals surface area contributed by atoms with Gasteiger partial charge in [-0.05, 0) is 37.5 Å². The predicted octanol–water partition coefficient (Wildman–Crippen LogP) is 1.39. The molecule has 2 atom stereocenters. The summed E-state index contributed by atoms with van der Waals surface area (Å²) in [6.45, 7) is 6.52. The first-order valence-electron chi connectivity index (χ1n) is 6.94. The van der Waals surface area contributed by atoms with Gasteiger partial charge in [-0.15, -0.1) is 0 Å². The summed E-state index contributed by atoms with van der Waals surface area (Å²) in [6.07, 6.45) is 2.44. The van der Waals surface area contributed by atoms with Crippen molar-refractivity contribution >= 4 is 11.6 Å². The summed E-state index contributed by atoms with van der Waals surface area (Å²) in [5.74, 6) is 0.373. The molecule has 0 aromatic heterocycles. The van der Waals surface area contributed by atoms with Crippen LogP contribution < -0.4 is 10.2 Å². The number of amides is 1. The molecule has 19 heavy (non-hydrogen) atoms. The lowest BCUT2D eigenvalue weighted by molar-refractivity contribution is -0.900. The predicted molar refractivity (Wildman–Crippen MR) is 73.7 cm³/mol. The Kier molecular flexibility index (Phi) is 4.53. The van der Waals surface area contributed by atoms with E-state index >= 15 is 0 Å². The van der Waals surface area contributed by atoms with Crippen LogP contribution in [0.3, 0.4) is 0 Å². The first-order chi connectivity index (χ1) is 9.04. The van der Waals surface area contributed by atoms with Crippen LogP contribution in [0.5, 0.6) is 0 Å². The number of carbonyl (C=O) groups excluding carboxylic acids is 1. The molecule has 1 heterocycles. The van der Waals surface area contributed by atoms with Crippen LogP contribution in [0.25, 0.3) is 0 Å². The minimum absolute atomic E-state index is 0.0349. The standard InChI is InChI=1S/C15H21FN2O/c1-11-4-3-7-18(9-11)10-15(19)17-13-6-5-12(2)14(16)8-13/h5-6,8,11H,3-4,7,9-10H2,1-2H3,(H,17,19)/p+1/t11-/m1/s1. The summed E-state index contributed by atoms with van der Waals surface area (Å²) in [6, 6.07) is 4.80. The Morgan fingerprint density at radius 1 is 1.53 bits per heavy atom. The number of rotatable bonds is 3. The third-order valence-electron chi connectivity index (χ3n) is 3.73. The second-order valence-corrected chi connectivity index (χ2v) is 5.64. The topological polar surface area (TPSA) is 33.5 Å². The molecule has 1 unspecified atom stereocenters. The molecule has 1 aliphatic rings. The van der Waals surface area contributed by atoms with Crippen molar-refractivity contribution in [1.29, 1.82) is 0 Å². The molecule has 1 aromatic rings. The van der Waals surface area contributed by atoms with E-state index < -0.39 is 0 Å². The number of aryl methyl sites for hydroxylation is 1. The SMILES string of the molecule is Cc1ccc(NC(=O)C[NH+]2CCC[C@@H](C)C2)cc1F. The van der Waals surface area contributed by atoms with Gasteiger partial charge in [0, 0.05) is 11.6 Å². The Hall–Kier alpha value is -1.42. The van der Waals surface area contributed by atoms with Gasteiger partial charge in [0.15, 0.2) is 6.54 Å². The highest BCUT2D eigenvalue weighted by Crippen LogP contribution is 2.13. The maximum atomic E-state index is 13.4. The largest absolute Gasteiger partial charge is 0.327 e. The molecule has 0 aliphatic carbocycles. The molecule has 1 fully saturated rings. The number of carbonyl (C=O) groups is 1. The molecule has 3 nitrogen and oxygen atoms in total. The van der Waals surface area contributed by atoms with E-state index in [0.717, 1.165) is 13.1 Å². The zero-order chi connectivity index (χ0) is 13.8. The third-order valence-corrected chi connectivity index (χ3v) is 3.73. The highest BCUT2D eigenvalue weighted by molar-refractivity contribution is 5.91. The minimum atomic E-state index is -0.281. The fourth-order valence-electron chi connectivity index (χ4n) is 2.66. The summed E-state index contributed by atoms with van der Waals surface area (Å²) in [5, 5.41) is 2.77. The number of likely N-dealkylation sites (tertiary alicyclic amines) is 1. The molecule has 1 saturated heterocycles. The molecule has 104 valence electrons. The molecule has 1 aromatic carbocycles. The maximum Gasteiger partial charge on any atom is 0.279 e. The van der Waals surface area contributed by atoms with Gasteiger partial charge in [0.1, 0.15) is 5.82 Å². The number of halogens is 1. The van der Waals surface area contributed by atoms with Crippen LogP contribution in [0.2, 0.25) is 0 Å². The van der Waals surface area contributed by atoms with Crippen LogP contribution in [0.1, 0.15) is 25.3 Å². The van der Waals surface area contributed by atoms with Gasteiger partial charge in [-0.2, -0.15) is 0 Å². The zero-order valence-corrected chi connectivity index (χ0v) is 11.6. The molecule has 1 aliphatic heterocycles. The minimum Gasteiger partial charge on any atom is -0.327 e. The van der Waals surface area contributed by atoms with Crippen molar-refractivity contribution in [2.45, 2.75) is 26.7 Å². The van der Waals surface area contributed by atoms with Crippen LogP contribution in [0.15, 0.2) is 18.2 Å². The number of benzene rings is 1. The van der Waals surface area contributed by atoms with E-state index in [0.29, 0.717) is 23.7 Å². The molecular formula is C15H22FN2O+. The molecule has 2 rings (SSSR count). The average Bonchev–Trinajstić information content (AvgIpc) is 2.34. The smallest absolute Gasteiger partial charge is 0.279 e. The third kappa shape index (κ3) is 4.03. The number of hydrogen-bond acceptors (Lipinski definition) is 1. The van der Waals surface area contributed by atoms with Crippen LogP contribution in [0, 0.1) is 18.7 Å². The summed E-state index contributed by atoms with van der Waals surface area (Å²) in [5.41, 5.74) is 1.13. The molecule has 0 saturated carbocycles. The fraction of sp³-hybridized carbons (Fsp3) is 0.533. The normalized spacial score (nSPS) is 23.1. The Morgan fingerprint density at radius 3 is 3.00 bits per heavy atom. The molecule has 0 spiro atoms. The summed E-state index contributed by atoms with van der Waals surface area (Å²) >= 11 is 0. The van der Waals surface area contributed by atoms with E-state index in [1.165, 1.54) is 23.8 Å². The van der Waals surface area contributed by atoms with Gasteiger partial charge in [-0.1, -0.05) is 13.0 Å². The Bertz CT molecular complexity index is 461. The van der Waals surface area contributed by atoms with Crippen molar-refractivity contribution in [1.82, 2.24) is 0 Å². The van der Waals surface area contributed by atoms with E-state index in [1.807, 2.05) is 0 Å². The number of anilines is 1. The van der Waals surface area contributed by atoms with Crippen LogP contribution in [0.4, 0.5) is 10.1 Å². The van der Waals surface area contributed by atoms with Gasteiger partial charge in [0.2, 0.25) is 0 Å². The van der Waals surface area contributed by atoms with Crippen molar-refractivity contribution in [2.24, 2.45) is 5.92 Å². The van der Waals surface area contributed by atoms with Crippen LogP contribution in [-0.4, -0.2) is 25.5 Å². The van der Waals surface area contributed by atoms with Gasteiger partial charge < -0.3 is 10.2 Å². The van der Waals surface area contributed by atoms with E-state index in [-0.39, 0.29) is 11.7 Å². The van der Waals surface area contributed by atoms with Crippen LogP contribution >= 0.6 is 0 Å². The molecule has 2 N–H and O–H groups in total. The van der Waals surface area contributed by atoms with Gasteiger partial charge in [0.25, 0.3) is 5.91 Å². The molecule has 4 heteroatoms. The monoisotopic (exact) mass is 265 g/mol. The Morgan fingerprint density at radius 2 is 2.32 bits per heavy atom. The van der Waals surface area contributed by atoms with Gasteiger partial charge in [0.05, 0.1) is 13.1 Å². The molecule has 1 amide bonds. The average molecular weight is 265 g/mol. The van der Waals surface area contributed by atoms with E-state index in [1.54, 1.807) is 19.1 Å². The molecule has 0 radical (unpaired) electrons. The number of hydrogen-bond donors (Lipinski definition) is 2. The highest BCUT2D eigenvalue weighted by atomic mass is 19.1. The van der Waals surface area contributed by atoms with Crippen molar-refractivity contribution in [3.8, 4) is 0 Å². The van der Waals surface area contributed by atoms with Crippen molar-refractivity contribution in [2.75, 3.05) is 25.0 Å².